The number of hydrogen-bond acceptors (Lipinski definition) is 5. The van der Waals surface area contributed by atoms with Gasteiger partial charge in [0.15, 0.2) is 5.78 Å². The highest BCUT2D eigenvalue weighted by Gasteiger charge is 2.30. The number of Topliss-reactive ketones (excluding diaryl/α,β-unsaturated/α-hetero) is 1. The summed E-state index contributed by atoms with van der Waals surface area (Å²) in [6.07, 6.45) is -0.0690. The van der Waals surface area contributed by atoms with Crippen molar-refractivity contribution in [3.8, 4) is 5.75 Å². The molecule has 2 aromatic carbocycles. The zero-order valence-corrected chi connectivity index (χ0v) is 16.2. The van der Waals surface area contributed by atoms with E-state index in [-0.39, 0.29) is 23.5 Å². The second-order valence-electron chi connectivity index (χ2n) is 5.84. The van der Waals surface area contributed by atoms with Gasteiger partial charge in [0, 0.05) is 28.5 Å². The molecule has 3 rings (SSSR count). The number of ketones is 1. The van der Waals surface area contributed by atoms with Crippen molar-refractivity contribution < 1.29 is 14.3 Å². The van der Waals surface area contributed by atoms with Crippen LogP contribution in [0, 0.1) is 0 Å². The zero-order chi connectivity index (χ0) is 18.4. The number of ether oxygens (including phenoxy) is 1. The van der Waals surface area contributed by atoms with E-state index in [0.29, 0.717) is 12.1 Å². The van der Waals surface area contributed by atoms with Crippen LogP contribution in [0.25, 0.3) is 0 Å². The molecule has 1 aliphatic rings. The second kappa shape index (κ2) is 9.14. The van der Waals surface area contributed by atoms with Crippen LogP contribution in [-0.2, 0) is 4.79 Å². The number of carbonyl (C=O) groups excluding carboxylic acids is 2. The summed E-state index contributed by atoms with van der Waals surface area (Å²) in [5.41, 5.74) is 0.590. The maximum Gasteiger partial charge on any atom is 0.231 e. The smallest absolute Gasteiger partial charge is 0.231 e. The van der Waals surface area contributed by atoms with E-state index < -0.39 is 0 Å². The average molecular weight is 388 g/mol. The Bertz CT molecular complexity index is 767. The van der Waals surface area contributed by atoms with Crippen LogP contribution in [0.4, 0.5) is 0 Å². The largest absolute Gasteiger partial charge is 0.496 e. The van der Waals surface area contributed by atoms with E-state index in [1.54, 1.807) is 42.8 Å². The monoisotopic (exact) mass is 387 g/mol. The molecule has 0 bridgehead atoms. The first-order valence-electron chi connectivity index (χ1n) is 8.44. The number of amides is 1. The quantitative estimate of drug-likeness (QED) is 0.409. The van der Waals surface area contributed by atoms with E-state index in [1.165, 1.54) is 0 Å². The molecule has 6 heteroatoms. The molecule has 0 saturated carbocycles. The van der Waals surface area contributed by atoms with Crippen LogP contribution in [0.2, 0.25) is 0 Å². The first-order chi connectivity index (χ1) is 12.7. The van der Waals surface area contributed by atoms with Crippen LogP contribution < -0.4 is 4.74 Å². The molecule has 1 heterocycles. The van der Waals surface area contributed by atoms with Gasteiger partial charge in [-0.15, -0.1) is 23.5 Å². The summed E-state index contributed by atoms with van der Waals surface area (Å²) in [6, 6.07) is 16.9. The third kappa shape index (κ3) is 4.62. The lowest BCUT2D eigenvalue weighted by atomic mass is 10.1. The Morgan fingerprint density at radius 2 is 1.88 bits per heavy atom. The number of rotatable bonds is 7. The number of methoxy groups -OCH3 is 1. The Labute approximate surface area is 162 Å². The van der Waals surface area contributed by atoms with Gasteiger partial charge in [0.05, 0.1) is 18.9 Å². The number of hydrogen-bond donors (Lipinski definition) is 0. The minimum Gasteiger partial charge on any atom is -0.496 e. The molecule has 0 aromatic heterocycles. The van der Waals surface area contributed by atoms with Gasteiger partial charge in [-0.3, -0.25) is 9.59 Å². The molecule has 136 valence electrons. The fourth-order valence-corrected chi connectivity index (χ4v) is 5.35. The maximum absolute atomic E-state index is 12.6. The van der Waals surface area contributed by atoms with Gasteiger partial charge < -0.3 is 9.64 Å². The van der Waals surface area contributed by atoms with Gasteiger partial charge in [0.1, 0.15) is 5.75 Å². The van der Waals surface area contributed by atoms with Gasteiger partial charge in [-0.2, -0.15) is 0 Å². The van der Waals surface area contributed by atoms with Crippen molar-refractivity contribution in [1.82, 2.24) is 4.90 Å². The summed E-state index contributed by atoms with van der Waals surface area (Å²) in [7, 11) is 1.66. The van der Waals surface area contributed by atoms with Crippen molar-refractivity contribution in [2.75, 3.05) is 25.2 Å². The van der Waals surface area contributed by atoms with Crippen molar-refractivity contribution in [2.45, 2.75) is 16.7 Å². The minimum absolute atomic E-state index is 0.0690. The maximum atomic E-state index is 12.6. The van der Waals surface area contributed by atoms with Crippen molar-refractivity contribution in [1.29, 1.82) is 0 Å². The third-order valence-electron chi connectivity index (χ3n) is 4.17. The Balaban J connectivity index is 1.59. The normalized spacial score (nSPS) is 16.5. The fraction of sp³-hybridized carbons (Fsp3) is 0.300. The number of thioether (sulfide) groups is 2. The van der Waals surface area contributed by atoms with Crippen molar-refractivity contribution in [3.63, 3.8) is 0 Å². The Morgan fingerprint density at radius 1 is 1.15 bits per heavy atom. The van der Waals surface area contributed by atoms with Gasteiger partial charge in [-0.05, 0) is 12.1 Å². The van der Waals surface area contributed by atoms with E-state index in [4.69, 9.17) is 4.74 Å². The fourth-order valence-electron chi connectivity index (χ4n) is 2.81. The molecule has 0 radical (unpaired) electrons. The van der Waals surface area contributed by atoms with E-state index in [0.717, 1.165) is 22.2 Å². The first kappa shape index (κ1) is 18.9. The number of nitrogens with zero attached hydrogens (tertiary/aromatic N) is 1. The summed E-state index contributed by atoms with van der Waals surface area (Å²) in [6.45, 7) is 0.697. The molecule has 0 aliphatic carbocycles. The van der Waals surface area contributed by atoms with E-state index >= 15 is 0 Å². The summed E-state index contributed by atoms with van der Waals surface area (Å²) < 4.78 is 5.38. The highest BCUT2D eigenvalue weighted by atomic mass is 32.2. The highest BCUT2D eigenvalue weighted by Crippen LogP contribution is 2.34. The molecule has 0 spiro atoms. The molecule has 4 nitrogen and oxygen atoms in total. The van der Waals surface area contributed by atoms with Crippen LogP contribution in [0.5, 0.6) is 5.75 Å². The second-order valence-corrected chi connectivity index (χ2v) is 8.19. The lowest BCUT2D eigenvalue weighted by Crippen LogP contribution is -2.37. The Hall–Kier alpha value is -1.92. The Kier molecular flexibility index (Phi) is 6.63. The van der Waals surface area contributed by atoms with Gasteiger partial charge >= 0.3 is 0 Å². The molecule has 0 unspecified atom stereocenters. The summed E-state index contributed by atoms with van der Waals surface area (Å²) in [5, 5.41) is 0.0842. The van der Waals surface area contributed by atoms with Crippen LogP contribution in [0.1, 0.15) is 16.8 Å². The minimum atomic E-state index is -0.122. The van der Waals surface area contributed by atoms with Crippen molar-refractivity contribution >= 4 is 35.2 Å². The van der Waals surface area contributed by atoms with E-state index in [2.05, 4.69) is 0 Å². The van der Waals surface area contributed by atoms with E-state index in [1.807, 2.05) is 47.4 Å². The van der Waals surface area contributed by atoms with Gasteiger partial charge in [0.2, 0.25) is 5.91 Å². The molecular formula is C20H21NO3S2. The van der Waals surface area contributed by atoms with Crippen molar-refractivity contribution in [2.24, 2.45) is 0 Å². The predicted molar refractivity (Wildman–Crippen MR) is 107 cm³/mol. The molecule has 1 atom stereocenters. The standard InChI is InChI=1S/C20H21NO3S2/c1-24-17-9-5-6-10-18(17)26-14-20-21(11-12-25-20)19(23)13-16(22)15-7-3-2-4-8-15/h2-10,20H,11-14H2,1H3/t20-/m1/s1. The first-order valence-corrected chi connectivity index (χ1v) is 10.5. The molecule has 1 amide bonds. The summed E-state index contributed by atoms with van der Waals surface area (Å²) in [5.74, 6) is 2.31. The molecule has 0 N–H and O–H groups in total. The number of benzene rings is 2. The van der Waals surface area contributed by atoms with Crippen LogP contribution >= 0.6 is 23.5 Å². The lowest BCUT2D eigenvalue weighted by Gasteiger charge is -2.23. The molecule has 1 fully saturated rings. The molecule has 1 aliphatic heterocycles. The molecule has 26 heavy (non-hydrogen) atoms. The topological polar surface area (TPSA) is 46.6 Å². The molecular weight excluding hydrogens is 366 g/mol. The summed E-state index contributed by atoms with van der Waals surface area (Å²) >= 11 is 3.45. The Morgan fingerprint density at radius 3 is 2.65 bits per heavy atom. The van der Waals surface area contributed by atoms with Crippen LogP contribution in [0.3, 0.4) is 0 Å². The van der Waals surface area contributed by atoms with Gasteiger partial charge in [-0.1, -0.05) is 42.5 Å². The van der Waals surface area contributed by atoms with Gasteiger partial charge in [-0.25, -0.2) is 0 Å². The highest BCUT2D eigenvalue weighted by molar-refractivity contribution is 8.03. The molecule has 1 saturated heterocycles. The lowest BCUT2D eigenvalue weighted by molar-refractivity contribution is -0.129. The number of carbonyl (C=O) groups is 2. The molecule has 2 aromatic rings. The average Bonchev–Trinajstić information content (AvgIpc) is 3.16. The van der Waals surface area contributed by atoms with Gasteiger partial charge in [0.25, 0.3) is 0 Å². The van der Waals surface area contributed by atoms with Crippen LogP contribution in [0.15, 0.2) is 59.5 Å². The van der Waals surface area contributed by atoms with Crippen molar-refractivity contribution in [3.05, 3.63) is 60.2 Å². The zero-order valence-electron chi connectivity index (χ0n) is 14.6. The SMILES string of the molecule is COc1ccccc1SC[C@H]1SCCN1C(=O)CC(=O)c1ccccc1. The predicted octanol–water partition coefficient (Wildman–Crippen LogP) is 3.96. The van der Waals surface area contributed by atoms with Crippen LogP contribution in [-0.4, -0.2) is 47.1 Å². The summed E-state index contributed by atoms with van der Waals surface area (Å²) in [4.78, 5) is 27.8. The number of para-hydroxylation sites is 1. The third-order valence-corrected chi connectivity index (χ3v) is 6.73. The van der Waals surface area contributed by atoms with E-state index in [9.17, 15) is 9.59 Å².